The van der Waals surface area contributed by atoms with Crippen molar-refractivity contribution in [2.45, 2.75) is 75.2 Å². The summed E-state index contributed by atoms with van der Waals surface area (Å²) >= 11 is 7.01. The fraction of sp³-hybridized carbons (Fsp3) is 0.486. The number of aromatic hydroxyl groups is 1. The average Bonchev–Trinajstić information content (AvgIpc) is 3.79. The molecule has 0 amide bonds. The van der Waals surface area contributed by atoms with E-state index in [-0.39, 0.29) is 40.0 Å². The molecule has 4 atom stereocenters. The molecule has 45 heavy (non-hydrogen) atoms. The number of alkyl halides is 1. The molecule has 0 saturated carbocycles. The van der Waals surface area contributed by atoms with Crippen LogP contribution >= 0.6 is 11.6 Å². The van der Waals surface area contributed by atoms with Crippen LogP contribution in [-0.4, -0.2) is 76.6 Å². The number of fused-ring (bicyclic) bond motifs is 7. The molecule has 5 heterocycles. The Kier molecular flexibility index (Phi) is 6.45. The van der Waals surface area contributed by atoms with Crippen molar-refractivity contribution in [3.05, 3.63) is 52.3 Å². The third kappa shape index (κ3) is 4.48. The van der Waals surface area contributed by atoms with Gasteiger partial charge in [0.2, 0.25) is 0 Å². The molecule has 1 aromatic heterocycles. The number of phenolic OH excluding ortho intramolecular Hbond substituents is 1. The van der Waals surface area contributed by atoms with E-state index in [0.717, 1.165) is 75.4 Å². The number of rotatable bonds is 5. The van der Waals surface area contributed by atoms with E-state index in [1.165, 1.54) is 11.1 Å². The predicted molar refractivity (Wildman–Crippen MR) is 172 cm³/mol. The molecule has 9 rings (SSSR count). The number of aryl methyl sites for hydroxylation is 2. The number of ether oxygens (including phenoxy) is 1. The van der Waals surface area contributed by atoms with Gasteiger partial charge in [-0.25, -0.2) is 8.78 Å². The minimum absolute atomic E-state index is 0.0535. The molecule has 2 bridgehead atoms. The van der Waals surface area contributed by atoms with Crippen LogP contribution in [0.2, 0.25) is 5.02 Å². The molecule has 4 aromatic rings. The van der Waals surface area contributed by atoms with Crippen molar-refractivity contribution >= 4 is 39.1 Å². The van der Waals surface area contributed by atoms with Gasteiger partial charge in [-0.2, -0.15) is 9.97 Å². The van der Waals surface area contributed by atoms with Gasteiger partial charge in [0.25, 0.3) is 0 Å². The third-order valence-corrected chi connectivity index (χ3v) is 11.3. The lowest BCUT2D eigenvalue weighted by atomic mass is 9.91. The van der Waals surface area contributed by atoms with Gasteiger partial charge in [-0.15, -0.1) is 0 Å². The van der Waals surface area contributed by atoms with E-state index >= 15 is 4.39 Å². The maximum absolute atomic E-state index is 17.1. The Morgan fingerprint density at radius 1 is 1.07 bits per heavy atom. The molecule has 5 aliphatic rings. The molecule has 4 saturated heterocycles. The molecule has 4 fully saturated rings. The second-order valence-electron chi connectivity index (χ2n) is 13.8. The van der Waals surface area contributed by atoms with Crippen LogP contribution in [0.25, 0.3) is 32.8 Å². The molecule has 7 nitrogen and oxygen atoms in total. The van der Waals surface area contributed by atoms with Gasteiger partial charge in [0.1, 0.15) is 29.9 Å². The SMILES string of the molecule is Oc1cc(-c2c(Cl)cc3c(N4C[C@H]5CC[C@@H](C4)N5)nc(OC[C@@]45CCCN4C[C@H](F)C5)nc3c2F)c2c3c(ccc2c1)CCC3. The quantitative estimate of drug-likeness (QED) is 0.267. The van der Waals surface area contributed by atoms with Gasteiger partial charge < -0.3 is 20.1 Å². The normalized spacial score (nSPS) is 27.5. The van der Waals surface area contributed by atoms with Crippen molar-refractivity contribution in [3.8, 4) is 22.9 Å². The number of hydrogen-bond donors (Lipinski definition) is 2. The number of phenols is 1. The molecule has 0 unspecified atom stereocenters. The predicted octanol–water partition coefficient (Wildman–Crippen LogP) is 6.33. The second kappa shape index (κ2) is 10.4. The van der Waals surface area contributed by atoms with Crippen LogP contribution in [0.1, 0.15) is 49.7 Å². The van der Waals surface area contributed by atoms with E-state index in [9.17, 15) is 9.50 Å². The maximum Gasteiger partial charge on any atom is 0.319 e. The average molecular weight is 632 g/mol. The Morgan fingerprint density at radius 2 is 1.91 bits per heavy atom. The van der Waals surface area contributed by atoms with Crippen LogP contribution in [-0.2, 0) is 12.8 Å². The van der Waals surface area contributed by atoms with Gasteiger partial charge in [-0.3, -0.25) is 4.90 Å². The first-order valence-electron chi connectivity index (χ1n) is 16.4. The van der Waals surface area contributed by atoms with Crippen molar-refractivity contribution in [2.75, 3.05) is 37.7 Å². The second-order valence-corrected chi connectivity index (χ2v) is 14.2. The summed E-state index contributed by atoms with van der Waals surface area (Å²) in [4.78, 5) is 14.0. The smallest absolute Gasteiger partial charge is 0.319 e. The Bertz CT molecular complexity index is 1860. The highest BCUT2D eigenvalue weighted by Crippen LogP contribution is 2.46. The zero-order valence-corrected chi connectivity index (χ0v) is 25.8. The zero-order valence-electron chi connectivity index (χ0n) is 25.1. The van der Waals surface area contributed by atoms with Crippen LogP contribution in [0, 0.1) is 5.82 Å². The number of nitrogens with one attached hydrogen (secondary N) is 1. The summed E-state index contributed by atoms with van der Waals surface area (Å²) in [6.45, 7) is 3.03. The highest BCUT2D eigenvalue weighted by atomic mass is 35.5. The first-order chi connectivity index (χ1) is 21.8. The lowest BCUT2D eigenvalue weighted by Crippen LogP contribution is -2.51. The highest BCUT2D eigenvalue weighted by molar-refractivity contribution is 6.35. The fourth-order valence-electron chi connectivity index (χ4n) is 9.07. The van der Waals surface area contributed by atoms with E-state index in [1.807, 2.05) is 6.07 Å². The first kappa shape index (κ1) is 28.0. The molecule has 3 aromatic carbocycles. The molecule has 1 aliphatic carbocycles. The van der Waals surface area contributed by atoms with Gasteiger partial charge in [0.05, 0.1) is 10.6 Å². The van der Waals surface area contributed by atoms with Crippen LogP contribution < -0.4 is 15.0 Å². The van der Waals surface area contributed by atoms with Gasteiger partial charge in [-0.05, 0) is 97.2 Å². The summed E-state index contributed by atoms with van der Waals surface area (Å²) < 4.78 is 38.0. The monoisotopic (exact) mass is 631 g/mol. The number of nitrogens with zero attached hydrogens (tertiary/aromatic N) is 4. The number of hydrogen-bond acceptors (Lipinski definition) is 7. The highest BCUT2D eigenvalue weighted by Gasteiger charge is 2.49. The Hall–Kier alpha value is -3.27. The van der Waals surface area contributed by atoms with E-state index in [1.54, 1.807) is 18.2 Å². The van der Waals surface area contributed by atoms with Crippen molar-refractivity contribution in [1.29, 1.82) is 0 Å². The van der Waals surface area contributed by atoms with Crippen molar-refractivity contribution in [1.82, 2.24) is 20.2 Å². The zero-order chi connectivity index (χ0) is 30.4. The minimum Gasteiger partial charge on any atom is -0.508 e. The Labute approximate surface area is 265 Å². The summed E-state index contributed by atoms with van der Waals surface area (Å²) in [6, 6.07) is 10.00. The molecular formula is C35H36ClF2N5O2. The van der Waals surface area contributed by atoms with Crippen LogP contribution in [0.5, 0.6) is 11.8 Å². The molecule has 0 spiro atoms. The number of anilines is 1. The summed E-state index contributed by atoms with van der Waals surface area (Å²) in [5.41, 5.74) is 2.98. The summed E-state index contributed by atoms with van der Waals surface area (Å²) in [6.07, 6.45) is 6.50. The fourth-order valence-corrected chi connectivity index (χ4v) is 9.36. The third-order valence-electron chi connectivity index (χ3n) is 11.0. The number of aromatic nitrogens is 2. The van der Waals surface area contributed by atoms with Gasteiger partial charge >= 0.3 is 6.01 Å². The molecule has 4 aliphatic heterocycles. The summed E-state index contributed by atoms with van der Waals surface area (Å²) in [7, 11) is 0. The van der Waals surface area contributed by atoms with Crippen molar-refractivity contribution in [3.63, 3.8) is 0 Å². The Morgan fingerprint density at radius 3 is 2.76 bits per heavy atom. The van der Waals surface area contributed by atoms with E-state index < -0.39 is 12.0 Å². The number of benzene rings is 3. The lowest BCUT2D eigenvalue weighted by molar-refractivity contribution is 0.107. The molecular weight excluding hydrogens is 596 g/mol. The van der Waals surface area contributed by atoms with E-state index in [4.69, 9.17) is 26.3 Å². The van der Waals surface area contributed by atoms with E-state index in [2.05, 4.69) is 21.2 Å². The van der Waals surface area contributed by atoms with Gasteiger partial charge in [0, 0.05) is 49.1 Å². The van der Waals surface area contributed by atoms with Gasteiger partial charge in [0.15, 0.2) is 5.82 Å². The number of halogens is 3. The van der Waals surface area contributed by atoms with Crippen LogP contribution in [0.4, 0.5) is 14.6 Å². The first-order valence-corrected chi connectivity index (χ1v) is 16.7. The molecule has 10 heteroatoms. The standard InChI is InChI=1S/C35H36ClF2N5O2/c36-28-13-27-32(31(38)30(28)26-12-24(44)11-20-6-5-19-3-1-4-25(19)29(20)26)40-34(41-33(27)42-16-22-7-8-23(17-42)39-22)45-18-35-9-2-10-43(35)15-21(37)14-35/h5-6,11-13,21-23,39,44H,1-4,7-10,14-18H2/t21-,22-,23+,35+/m1/s1. The Balaban J connectivity index is 1.21. The maximum atomic E-state index is 17.1. The van der Waals surface area contributed by atoms with E-state index in [0.29, 0.717) is 41.8 Å². The topological polar surface area (TPSA) is 73.8 Å². The van der Waals surface area contributed by atoms with Crippen molar-refractivity contribution < 1.29 is 18.6 Å². The molecule has 0 radical (unpaired) electrons. The summed E-state index contributed by atoms with van der Waals surface area (Å²) in [5, 5.41) is 17.0. The summed E-state index contributed by atoms with van der Waals surface area (Å²) in [5.74, 6) is 0.104. The van der Waals surface area contributed by atoms with Crippen molar-refractivity contribution in [2.24, 2.45) is 0 Å². The minimum atomic E-state index is -0.876. The van der Waals surface area contributed by atoms with Crippen LogP contribution in [0.15, 0.2) is 30.3 Å². The van der Waals surface area contributed by atoms with Gasteiger partial charge in [-0.1, -0.05) is 23.7 Å². The number of piperazine rings is 1. The molecule has 2 N–H and O–H groups in total. The largest absolute Gasteiger partial charge is 0.508 e. The molecule has 234 valence electrons. The lowest BCUT2D eigenvalue weighted by Gasteiger charge is -2.34. The van der Waals surface area contributed by atoms with Crippen LogP contribution in [0.3, 0.4) is 0 Å².